The van der Waals surface area contributed by atoms with Crippen LogP contribution in [-0.4, -0.2) is 46.3 Å². The summed E-state index contributed by atoms with van der Waals surface area (Å²) in [6, 6.07) is 7.55. The number of benzene rings is 1. The predicted molar refractivity (Wildman–Crippen MR) is 101 cm³/mol. The number of nitrogens with zero attached hydrogens (tertiary/aromatic N) is 3. The molecule has 1 amide bonds. The van der Waals surface area contributed by atoms with Crippen molar-refractivity contribution < 1.29 is 4.79 Å². The number of rotatable bonds is 5. The monoisotopic (exact) mass is 354 g/mol. The number of carbonyl (C=O) groups is 1. The second-order valence-corrected chi connectivity index (χ2v) is 7.49. The minimum Gasteiger partial charge on any atom is -0.346 e. The van der Waals surface area contributed by atoms with Crippen LogP contribution in [0, 0.1) is 5.92 Å². The van der Waals surface area contributed by atoms with Crippen LogP contribution in [0.5, 0.6) is 0 Å². The zero-order valence-corrected chi connectivity index (χ0v) is 15.3. The number of hydrogen-bond acceptors (Lipinski definition) is 4. The van der Waals surface area contributed by atoms with Gasteiger partial charge in [-0.15, -0.1) is 0 Å². The number of carbonyl (C=O) groups excluding carboxylic acids is 1. The van der Waals surface area contributed by atoms with Crippen molar-refractivity contribution in [1.82, 2.24) is 20.0 Å². The highest BCUT2D eigenvalue weighted by Crippen LogP contribution is 2.27. The Hall–Kier alpha value is -2.21. The lowest BCUT2D eigenvalue weighted by atomic mass is 9.84. The Morgan fingerprint density at radius 1 is 1.27 bits per heavy atom. The lowest BCUT2D eigenvalue weighted by Gasteiger charge is -2.44. The van der Waals surface area contributed by atoms with Gasteiger partial charge in [-0.3, -0.25) is 14.3 Å². The van der Waals surface area contributed by atoms with E-state index in [1.54, 1.807) is 6.07 Å². The van der Waals surface area contributed by atoms with Gasteiger partial charge in [0.25, 0.3) is 5.91 Å². The molecule has 1 unspecified atom stereocenters. The Morgan fingerprint density at radius 3 is 2.73 bits per heavy atom. The van der Waals surface area contributed by atoms with Crippen molar-refractivity contribution >= 4 is 16.8 Å². The van der Waals surface area contributed by atoms with E-state index in [0.717, 1.165) is 50.8 Å². The summed E-state index contributed by atoms with van der Waals surface area (Å²) >= 11 is 0. The minimum atomic E-state index is -0.329. The van der Waals surface area contributed by atoms with Crippen LogP contribution in [-0.2, 0) is 6.54 Å². The highest BCUT2D eigenvalue weighted by molar-refractivity contribution is 5.95. The smallest absolute Gasteiger partial charge is 0.276 e. The average molecular weight is 354 g/mol. The van der Waals surface area contributed by atoms with Gasteiger partial charge in [0.1, 0.15) is 0 Å². The molecule has 0 radical (unpaired) electrons. The minimum absolute atomic E-state index is 0.0243. The van der Waals surface area contributed by atoms with Gasteiger partial charge in [0.15, 0.2) is 5.69 Å². The standard InChI is InChI=1S/C20H26N4O2/c1-2-3-10-24-17-7-5-4-6-15(17)19(25)18(22-24)20(26)21-16-13-23-11-8-14(16)9-12-23/h4-7,14,16H,2-3,8-13H2,1H3,(H,21,26). The van der Waals surface area contributed by atoms with Crippen LogP contribution in [0.15, 0.2) is 29.1 Å². The van der Waals surface area contributed by atoms with Crippen molar-refractivity contribution in [3.8, 4) is 0 Å². The molecule has 0 spiro atoms. The first-order chi connectivity index (χ1) is 12.7. The Labute approximate surface area is 153 Å². The maximum absolute atomic E-state index is 12.9. The Kier molecular flexibility index (Phi) is 4.76. The second kappa shape index (κ2) is 7.19. The summed E-state index contributed by atoms with van der Waals surface area (Å²) < 4.78 is 1.81. The number of nitrogens with one attached hydrogen (secondary N) is 1. The molecule has 138 valence electrons. The van der Waals surface area contributed by atoms with Crippen molar-refractivity contribution in [3.05, 3.63) is 40.2 Å². The van der Waals surface area contributed by atoms with E-state index < -0.39 is 0 Å². The zero-order chi connectivity index (χ0) is 18.1. The molecule has 1 aromatic heterocycles. The van der Waals surface area contributed by atoms with E-state index in [1.165, 1.54) is 0 Å². The lowest BCUT2D eigenvalue weighted by molar-refractivity contribution is 0.0616. The molecule has 26 heavy (non-hydrogen) atoms. The van der Waals surface area contributed by atoms with Crippen LogP contribution in [0.1, 0.15) is 43.1 Å². The SMILES string of the molecule is CCCCn1nc(C(=O)NC2CN3CCC2CC3)c(=O)c2ccccc21. The van der Waals surface area contributed by atoms with Crippen LogP contribution in [0.4, 0.5) is 0 Å². The fourth-order valence-electron chi connectivity index (χ4n) is 4.23. The van der Waals surface area contributed by atoms with Crippen LogP contribution in [0.2, 0.25) is 0 Å². The molecular weight excluding hydrogens is 328 g/mol. The van der Waals surface area contributed by atoms with Gasteiger partial charge in [0.05, 0.1) is 5.52 Å². The third kappa shape index (κ3) is 3.14. The number of amides is 1. The van der Waals surface area contributed by atoms with Gasteiger partial charge in [-0.1, -0.05) is 25.5 Å². The first-order valence-corrected chi connectivity index (χ1v) is 9.70. The Bertz CT molecular complexity index is 868. The normalized spacial score (nSPS) is 24.7. The third-order valence-electron chi connectivity index (χ3n) is 5.77. The second-order valence-electron chi connectivity index (χ2n) is 7.49. The molecule has 3 aliphatic rings. The number of hydrogen-bond donors (Lipinski definition) is 1. The number of aromatic nitrogens is 2. The number of aryl methyl sites for hydroxylation is 1. The van der Waals surface area contributed by atoms with Crippen molar-refractivity contribution in [2.45, 2.75) is 45.2 Å². The molecule has 1 atom stereocenters. The maximum atomic E-state index is 12.9. The summed E-state index contributed by atoms with van der Waals surface area (Å²) in [6.45, 7) is 5.95. The molecule has 3 saturated heterocycles. The topological polar surface area (TPSA) is 67.2 Å². The molecule has 6 heteroatoms. The molecule has 5 rings (SSSR count). The number of fused-ring (bicyclic) bond motifs is 4. The van der Waals surface area contributed by atoms with Gasteiger partial charge >= 0.3 is 0 Å². The molecular formula is C20H26N4O2. The third-order valence-corrected chi connectivity index (χ3v) is 5.77. The van der Waals surface area contributed by atoms with Gasteiger partial charge < -0.3 is 10.2 Å². The van der Waals surface area contributed by atoms with E-state index in [-0.39, 0.29) is 23.1 Å². The first kappa shape index (κ1) is 17.2. The van der Waals surface area contributed by atoms with Crippen LogP contribution in [0.3, 0.4) is 0 Å². The van der Waals surface area contributed by atoms with Crippen molar-refractivity contribution in [2.75, 3.05) is 19.6 Å². The fourth-order valence-corrected chi connectivity index (χ4v) is 4.23. The molecule has 2 bridgehead atoms. The summed E-state index contributed by atoms with van der Waals surface area (Å²) in [5.74, 6) is 0.191. The molecule has 0 saturated carbocycles. The Balaban J connectivity index is 1.65. The van der Waals surface area contributed by atoms with E-state index in [1.807, 2.05) is 22.9 Å². The number of piperidine rings is 3. The quantitative estimate of drug-likeness (QED) is 0.892. The summed E-state index contributed by atoms with van der Waals surface area (Å²) in [5.41, 5.74) is 0.550. The first-order valence-electron chi connectivity index (χ1n) is 9.70. The van der Waals surface area contributed by atoms with Gasteiger partial charge in [-0.2, -0.15) is 5.10 Å². The molecule has 1 N–H and O–H groups in total. The van der Waals surface area contributed by atoms with Crippen molar-refractivity contribution in [3.63, 3.8) is 0 Å². The molecule has 6 nitrogen and oxygen atoms in total. The number of unbranched alkanes of at least 4 members (excludes halogenated alkanes) is 1. The highest BCUT2D eigenvalue weighted by Gasteiger charge is 2.35. The molecule has 1 aromatic carbocycles. The summed E-state index contributed by atoms with van der Waals surface area (Å²) in [7, 11) is 0. The average Bonchev–Trinajstić information content (AvgIpc) is 2.68. The fraction of sp³-hybridized carbons (Fsp3) is 0.550. The molecule has 2 aromatic rings. The molecule has 4 heterocycles. The van der Waals surface area contributed by atoms with Crippen molar-refractivity contribution in [2.24, 2.45) is 5.92 Å². The maximum Gasteiger partial charge on any atom is 0.276 e. The van der Waals surface area contributed by atoms with E-state index in [2.05, 4.69) is 22.2 Å². The van der Waals surface area contributed by atoms with Crippen molar-refractivity contribution in [1.29, 1.82) is 0 Å². The van der Waals surface area contributed by atoms with Crippen LogP contribution in [0.25, 0.3) is 10.9 Å². The van der Waals surface area contributed by atoms with Crippen LogP contribution < -0.4 is 10.7 Å². The molecule has 3 fully saturated rings. The van der Waals surface area contributed by atoms with Gasteiger partial charge in [-0.05, 0) is 50.4 Å². The van der Waals surface area contributed by atoms with Gasteiger partial charge in [0.2, 0.25) is 5.43 Å². The summed E-state index contributed by atoms with van der Waals surface area (Å²) in [4.78, 5) is 28.1. The van der Waals surface area contributed by atoms with E-state index in [0.29, 0.717) is 17.8 Å². The predicted octanol–water partition coefficient (Wildman–Crippen LogP) is 2.02. The van der Waals surface area contributed by atoms with Gasteiger partial charge in [0, 0.05) is 24.5 Å². The number of para-hydroxylation sites is 1. The summed E-state index contributed by atoms with van der Waals surface area (Å²) in [5, 5.41) is 8.11. The van der Waals surface area contributed by atoms with E-state index >= 15 is 0 Å². The summed E-state index contributed by atoms with van der Waals surface area (Å²) in [6.07, 6.45) is 4.23. The molecule has 0 aliphatic carbocycles. The van der Waals surface area contributed by atoms with E-state index in [9.17, 15) is 9.59 Å². The largest absolute Gasteiger partial charge is 0.346 e. The lowest BCUT2D eigenvalue weighted by Crippen LogP contribution is -2.57. The zero-order valence-electron chi connectivity index (χ0n) is 15.3. The van der Waals surface area contributed by atoms with Gasteiger partial charge in [-0.25, -0.2) is 0 Å². The van der Waals surface area contributed by atoms with Crippen LogP contribution >= 0.6 is 0 Å². The molecule has 3 aliphatic heterocycles. The highest BCUT2D eigenvalue weighted by atomic mass is 16.2. The Morgan fingerprint density at radius 2 is 2.04 bits per heavy atom. The van der Waals surface area contributed by atoms with E-state index in [4.69, 9.17) is 0 Å².